The highest BCUT2D eigenvalue weighted by molar-refractivity contribution is 6.29. The second-order valence-electron chi connectivity index (χ2n) is 4.90. The number of amides is 1. The van der Waals surface area contributed by atoms with E-state index in [0.29, 0.717) is 11.3 Å². The van der Waals surface area contributed by atoms with E-state index < -0.39 is 22.7 Å². The van der Waals surface area contributed by atoms with Gasteiger partial charge in [0.05, 0.1) is 7.11 Å². The molecule has 0 saturated carbocycles. The van der Waals surface area contributed by atoms with Gasteiger partial charge in [0, 0.05) is 11.8 Å². The predicted octanol–water partition coefficient (Wildman–Crippen LogP) is 2.37. The normalized spacial score (nSPS) is 11.4. The number of rotatable bonds is 6. The number of ether oxygens (including phenoxy) is 2. The second kappa shape index (κ2) is 8.20. The number of esters is 1. The van der Waals surface area contributed by atoms with Gasteiger partial charge in [-0.25, -0.2) is 9.78 Å². The first-order chi connectivity index (χ1) is 11.9. The summed E-state index contributed by atoms with van der Waals surface area (Å²) in [5.74, 6) is -3.85. The van der Waals surface area contributed by atoms with Crippen LogP contribution in [0, 0.1) is 10.1 Å². The fraction of sp³-hybridized carbons (Fsp3) is 0.188. The number of hydrogen-bond donors (Lipinski definition) is 0. The highest BCUT2D eigenvalue weighted by atomic mass is 35.5. The molecule has 0 aliphatic rings. The van der Waals surface area contributed by atoms with Crippen molar-refractivity contribution in [3.63, 3.8) is 0 Å². The summed E-state index contributed by atoms with van der Waals surface area (Å²) in [4.78, 5) is 37.7. The van der Waals surface area contributed by atoms with Gasteiger partial charge < -0.3 is 9.47 Å². The van der Waals surface area contributed by atoms with Gasteiger partial charge in [-0.1, -0.05) is 29.8 Å². The van der Waals surface area contributed by atoms with Gasteiger partial charge in [-0.2, -0.15) is 0 Å². The number of halogens is 1. The van der Waals surface area contributed by atoms with Crippen molar-refractivity contribution in [1.29, 1.82) is 0 Å². The van der Waals surface area contributed by atoms with E-state index in [4.69, 9.17) is 21.1 Å². The van der Waals surface area contributed by atoms with Gasteiger partial charge in [0.1, 0.15) is 22.4 Å². The summed E-state index contributed by atoms with van der Waals surface area (Å²) in [5, 5.41) is 11.1. The van der Waals surface area contributed by atoms with Gasteiger partial charge in [-0.3, -0.25) is 14.9 Å². The minimum Gasteiger partial charge on any atom is -0.497 e. The van der Waals surface area contributed by atoms with Crippen LogP contribution >= 0.6 is 11.6 Å². The van der Waals surface area contributed by atoms with E-state index in [-0.39, 0.29) is 17.3 Å². The smallest absolute Gasteiger partial charge is 0.463 e. The predicted molar refractivity (Wildman–Crippen MR) is 86.8 cm³/mol. The van der Waals surface area contributed by atoms with Gasteiger partial charge in [-0.05, 0) is 23.8 Å². The van der Waals surface area contributed by atoms with Crippen molar-refractivity contribution in [2.24, 2.45) is 0 Å². The van der Waals surface area contributed by atoms with Crippen molar-refractivity contribution in [2.75, 3.05) is 7.11 Å². The molecule has 0 bridgehead atoms. The van der Waals surface area contributed by atoms with Crippen LogP contribution in [0.2, 0.25) is 5.15 Å². The van der Waals surface area contributed by atoms with Crippen LogP contribution in [-0.2, 0) is 20.9 Å². The van der Waals surface area contributed by atoms with E-state index in [0.717, 1.165) is 0 Å². The molecular formula is C16H13ClN2O6. The van der Waals surface area contributed by atoms with E-state index in [1.165, 1.54) is 37.6 Å². The number of hydrogen-bond acceptors (Lipinski definition) is 7. The molecule has 1 aromatic heterocycles. The summed E-state index contributed by atoms with van der Waals surface area (Å²) in [6, 6.07) is 8.98. The lowest BCUT2D eigenvalue weighted by Crippen LogP contribution is -2.29. The zero-order chi connectivity index (χ0) is 18.4. The van der Waals surface area contributed by atoms with E-state index in [9.17, 15) is 19.7 Å². The maximum Gasteiger partial charge on any atom is 0.463 e. The average Bonchev–Trinajstić information content (AvgIpc) is 2.61. The molecule has 130 valence electrons. The molecule has 1 atom stereocenters. The summed E-state index contributed by atoms with van der Waals surface area (Å²) >= 11 is 5.66. The van der Waals surface area contributed by atoms with Crippen LogP contribution in [0.1, 0.15) is 17.0 Å². The highest BCUT2D eigenvalue weighted by Gasteiger charge is 2.39. The van der Waals surface area contributed by atoms with Crippen LogP contribution in [0.4, 0.5) is 0 Å². The molecule has 2 rings (SSSR count). The first-order valence-electron chi connectivity index (χ1n) is 7.01. The summed E-state index contributed by atoms with van der Waals surface area (Å²) < 4.78 is 10.1. The Morgan fingerprint density at radius 2 is 2.08 bits per heavy atom. The lowest BCUT2D eigenvalue weighted by molar-refractivity contribution is -0.403. The van der Waals surface area contributed by atoms with Crippen LogP contribution < -0.4 is 4.74 Å². The first-order valence-corrected chi connectivity index (χ1v) is 7.39. The molecule has 8 nitrogen and oxygen atoms in total. The number of nitrogens with zero attached hydrogens (tertiary/aromatic N) is 2. The Bertz CT molecular complexity index is 793. The third kappa shape index (κ3) is 4.74. The van der Waals surface area contributed by atoms with Crippen LogP contribution in [0.3, 0.4) is 0 Å². The molecule has 0 spiro atoms. The van der Waals surface area contributed by atoms with Gasteiger partial charge in [0.15, 0.2) is 0 Å². The van der Waals surface area contributed by atoms with Crippen LogP contribution in [0.5, 0.6) is 5.75 Å². The molecule has 0 N–H and O–H groups in total. The number of pyridine rings is 1. The molecule has 0 fully saturated rings. The molecule has 1 aromatic carbocycles. The quantitative estimate of drug-likeness (QED) is 0.254. The van der Waals surface area contributed by atoms with Gasteiger partial charge in [0.25, 0.3) is 0 Å². The third-order valence-electron chi connectivity index (χ3n) is 3.26. The molecule has 0 aliphatic carbocycles. The minimum absolute atomic E-state index is 0.111. The van der Waals surface area contributed by atoms with Crippen molar-refractivity contribution in [2.45, 2.75) is 12.5 Å². The Balaban J connectivity index is 2.22. The lowest BCUT2D eigenvalue weighted by Gasteiger charge is -2.12. The summed E-state index contributed by atoms with van der Waals surface area (Å²) in [6.45, 7) is -0.200. The van der Waals surface area contributed by atoms with Crippen LogP contribution in [-0.4, -0.2) is 28.9 Å². The topological polar surface area (TPSA) is 109 Å². The van der Waals surface area contributed by atoms with Crippen LogP contribution in [0.15, 0.2) is 42.6 Å². The Labute approximate surface area is 147 Å². The fourth-order valence-electron chi connectivity index (χ4n) is 2.04. The second-order valence-corrected chi connectivity index (χ2v) is 5.29. The molecular weight excluding hydrogens is 352 g/mol. The Morgan fingerprint density at radius 3 is 2.68 bits per heavy atom. The lowest BCUT2D eigenvalue weighted by atomic mass is 9.98. The summed E-state index contributed by atoms with van der Waals surface area (Å²) in [6.07, 6.45) is 1.39. The van der Waals surface area contributed by atoms with Crippen molar-refractivity contribution >= 4 is 23.5 Å². The highest BCUT2D eigenvalue weighted by Crippen LogP contribution is 2.24. The Morgan fingerprint density at radius 1 is 1.32 bits per heavy atom. The SMILES string of the molecule is COc1cccc(C(C(=O)OCc2ccc(Cl)nc2)C(=O)[N+](=O)[O-])c1. The van der Waals surface area contributed by atoms with E-state index in [1.54, 1.807) is 12.1 Å². The minimum atomic E-state index is -1.69. The van der Waals surface area contributed by atoms with Crippen molar-refractivity contribution in [3.8, 4) is 5.75 Å². The van der Waals surface area contributed by atoms with Crippen LogP contribution in [0.25, 0.3) is 0 Å². The summed E-state index contributed by atoms with van der Waals surface area (Å²) in [7, 11) is 1.40. The molecule has 0 aliphatic heterocycles. The molecule has 1 unspecified atom stereocenters. The zero-order valence-corrected chi connectivity index (χ0v) is 13.8. The fourth-order valence-corrected chi connectivity index (χ4v) is 2.15. The molecule has 0 radical (unpaired) electrons. The number of aromatic nitrogens is 1. The molecule has 25 heavy (non-hydrogen) atoms. The third-order valence-corrected chi connectivity index (χ3v) is 3.48. The number of carbonyl (C=O) groups is 2. The maximum atomic E-state index is 12.3. The van der Waals surface area contributed by atoms with Crippen molar-refractivity contribution in [3.05, 3.63) is 69.0 Å². The van der Waals surface area contributed by atoms with Gasteiger partial charge in [-0.15, -0.1) is 0 Å². The molecule has 9 heteroatoms. The largest absolute Gasteiger partial charge is 0.497 e. The van der Waals surface area contributed by atoms with Crippen molar-refractivity contribution < 1.29 is 24.0 Å². The monoisotopic (exact) mass is 364 g/mol. The molecule has 2 aromatic rings. The number of benzene rings is 1. The van der Waals surface area contributed by atoms with Gasteiger partial charge >= 0.3 is 11.9 Å². The molecule has 1 amide bonds. The number of methoxy groups -OCH3 is 1. The Kier molecular flexibility index (Phi) is 6.02. The standard InChI is InChI=1S/C16H13ClN2O6/c1-24-12-4-2-3-11(7-12)14(15(20)19(22)23)16(21)25-9-10-5-6-13(17)18-8-10/h2-8,14H,9H2,1H3. The van der Waals surface area contributed by atoms with E-state index in [2.05, 4.69) is 4.98 Å². The van der Waals surface area contributed by atoms with E-state index in [1.807, 2.05) is 0 Å². The number of nitro groups is 1. The average molecular weight is 365 g/mol. The summed E-state index contributed by atoms with van der Waals surface area (Å²) in [5.41, 5.74) is 0.635. The van der Waals surface area contributed by atoms with E-state index >= 15 is 0 Å². The Hall–Kier alpha value is -3.00. The number of carbonyl (C=O) groups excluding carboxylic acids is 2. The molecule has 1 heterocycles. The maximum absolute atomic E-state index is 12.3. The van der Waals surface area contributed by atoms with Gasteiger partial charge in [0.2, 0.25) is 5.92 Å². The zero-order valence-electron chi connectivity index (χ0n) is 13.0. The molecule has 0 saturated heterocycles. The van der Waals surface area contributed by atoms with Crippen molar-refractivity contribution in [1.82, 2.24) is 4.98 Å². The first kappa shape index (κ1) is 18.3.